The number of carbonyl (C=O) groups excluding carboxylic acids is 3. The van der Waals surface area contributed by atoms with Gasteiger partial charge in [0.2, 0.25) is 11.8 Å². The molecule has 4 aliphatic rings. The first-order valence-corrected chi connectivity index (χ1v) is 9.48. The minimum atomic E-state index is -0.600. The van der Waals surface area contributed by atoms with Crippen molar-refractivity contribution in [1.29, 1.82) is 0 Å². The Morgan fingerprint density at radius 2 is 1.96 bits per heavy atom. The summed E-state index contributed by atoms with van der Waals surface area (Å²) in [6, 6.07) is 3.33. The van der Waals surface area contributed by atoms with Crippen molar-refractivity contribution >= 4 is 23.4 Å². The highest BCUT2D eigenvalue weighted by atomic mass is 16.5. The number of nitrogens with zero attached hydrogens (tertiary/aromatic N) is 2. The molecule has 0 aromatic heterocycles. The Bertz CT molecular complexity index is 854. The van der Waals surface area contributed by atoms with E-state index in [1.807, 2.05) is 12.1 Å². The minimum absolute atomic E-state index is 0.0897. The Kier molecular flexibility index (Phi) is 3.65. The Labute approximate surface area is 156 Å². The maximum atomic E-state index is 12.9. The van der Waals surface area contributed by atoms with E-state index in [1.165, 1.54) is 0 Å². The lowest BCUT2D eigenvalue weighted by Gasteiger charge is -2.35. The van der Waals surface area contributed by atoms with Crippen molar-refractivity contribution in [2.45, 2.75) is 50.4 Å². The maximum absolute atomic E-state index is 12.9. The van der Waals surface area contributed by atoms with Gasteiger partial charge < -0.3 is 20.3 Å². The third-order valence-corrected chi connectivity index (χ3v) is 5.98. The lowest BCUT2D eigenvalue weighted by Crippen LogP contribution is -2.52. The fraction of sp³-hybridized carbons (Fsp3) is 0.526. The van der Waals surface area contributed by atoms with Crippen LogP contribution in [0.25, 0.3) is 0 Å². The van der Waals surface area contributed by atoms with E-state index in [9.17, 15) is 14.4 Å². The molecule has 2 unspecified atom stereocenters. The monoisotopic (exact) mass is 370 g/mol. The van der Waals surface area contributed by atoms with E-state index in [0.717, 1.165) is 42.9 Å². The SMILES string of the molecule is N[C@H]1CCC2CN(C1)c1cc3c(cc1O2)C(=O)N(C1CCC(=O)NC1=O)C3. The lowest BCUT2D eigenvalue weighted by atomic mass is 10.0. The molecule has 142 valence electrons. The minimum Gasteiger partial charge on any atom is -0.486 e. The van der Waals surface area contributed by atoms with Gasteiger partial charge in [0.25, 0.3) is 5.91 Å². The molecule has 8 heteroatoms. The Hall–Kier alpha value is -2.61. The normalized spacial score (nSPS) is 29.7. The zero-order valence-electron chi connectivity index (χ0n) is 14.9. The van der Waals surface area contributed by atoms with Crippen molar-refractivity contribution in [3.63, 3.8) is 0 Å². The number of fused-ring (bicyclic) bond motifs is 5. The molecular formula is C19H22N4O4. The van der Waals surface area contributed by atoms with Gasteiger partial charge in [0.05, 0.1) is 12.2 Å². The molecule has 5 rings (SSSR count). The van der Waals surface area contributed by atoms with Gasteiger partial charge in [0, 0.05) is 31.1 Å². The number of benzene rings is 1. The van der Waals surface area contributed by atoms with E-state index in [4.69, 9.17) is 10.5 Å². The van der Waals surface area contributed by atoms with Gasteiger partial charge in [-0.1, -0.05) is 0 Å². The predicted octanol–water partition coefficient (Wildman–Crippen LogP) is 0.136. The van der Waals surface area contributed by atoms with Crippen LogP contribution in [-0.2, 0) is 16.1 Å². The highest BCUT2D eigenvalue weighted by Crippen LogP contribution is 2.41. The number of nitrogens with two attached hydrogens (primary N) is 1. The van der Waals surface area contributed by atoms with Crippen molar-refractivity contribution in [3.8, 4) is 5.75 Å². The molecule has 1 aromatic rings. The van der Waals surface area contributed by atoms with Crippen molar-refractivity contribution in [2.75, 3.05) is 18.0 Å². The van der Waals surface area contributed by atoms with Gasteiger partial charge in [-0.25, -0.2) is 0 Å². The van der Waals surface area contributed by atoms with Crippen LogP contribution in [0.3, 0.4) is 0 Å². The molecule has 3 N–H and O–H groups in total. The number of amides is 3. The predicted molar refractivity (Wildman–Crippen MR) is 96.3 cm³/mol. The third kappa shape index (κ3) is 2.66. The topological polar surface area (TPSA) is 105 Å². The van der Waals surface area contributed by atoms with Crippen LogP contribution in [0.5, 0.6) is 5.75 Å². The van der Waals surface area contributed by atoms with Crippen molar-refractivity contribution in [2.24, 2.45) is 5.73 Å². The number of rotatable bonds is 1. The van der Waals surface area contributed by atoms with Crippen molar-refractivity contribution in [1.82, 2.24) is 10.2 Å². The summed E-state index contributed by atoms with van der Waals surface area (Å²) < 4.78 is 6.13. The lowest BCUT2D eigenvalue weighted by molar-refractivity contribution is -0.136. The summed E-state index contributed by atoms with van der Waals surface area (Å²) in [7, 11) is 0. The Morgan fingerprint density at radius 1 is 1.11 bits per heavy atom. The number of carbonyl (C=O) groups is 3. The molecule has 0 spiro atoms. The second-order valence-electron chi connectivity index (χ2n) is 7.86. The standard InChI is InChI=1S/C19H22N4O4/c20-11-1-2-12-9-22(8-11)15-5-10-7-23(14-3-4-17(24)21-18(14)25)19(26)13(10)6-16(15)27-12/h5-6,11-12,14H,1-4,7-9,20H2,(H,21,24,25)/t11-,12?,14?/m0/s1. The molecule has 0 aliphatic carbocycles. The van der Waals surface area contributed by atoms with Crippen molar-refractivity contribution in [3.05, 3.63) is 23.3 Å². The molecular weight excluding hydrogens is 348 g/mol. The number of ether oxygens (including phenoxy) is 1. The molecule has 2 fully saturated rings. The van der Waals surface area contributed by atoms with Crippen LogP contribution in [0.4, 0.5) is 5.69 Å². The number of anilines is 1. The average molecular weight is 370 g/mol. The van der Waals surface area contributed by atoms with Crippen LogP contribution in [0.1, 0.15) is 41.6 Å². The molecule has 4 aliphatic heterocycles. The molecule has 4 heterocycles. The first kappa shape index (κ1) is 16.6. The molecule has 1 aromatic carbocycles. The Balaban J connectivity index is 1.46. The van der Waals surface area contributed by atoms with Gasteiger partial charge in [-0.3, -0.25) is 19.7 Å². The number of imide groups is 1. The Morgan fingerprint density at radius 3 is 2.78 bits per heavy atom. The summed E-state index contributed by atoms with van der Waals surface area (Å²) in [5, 5.41) is 2.33. The van der Waals surface area contributed by atoms with E-state index in [1.54, 1.807) is 4.90 Å². The van der Waals surface area contributed by atoms with E-state index in [-0.39, 0.29) is 30.4 Å². The largest absolute Gasteiger partial charge is 0.486 e. The van der Waals surface area contributed by atoms with Gasteiger partial charge in [-0.2, -0.15) is 0 Å². The third-order valence-electron chi connectivity index (χ3n) is 5.98. The summed E-state index contributed by atoms with van der Waals surface area (Å²) >= 11 is 0. The van der Waals surface area contributed by atoms with Gasteiger partial charge in [-0.15, -0.1) is 0 Å². The molecule has 0 saturated carbocycles. The number of hydrogen-bond acceptors (Lipinski definition) is 6. The van der Waals surface area contributed by atoms with E-state index in [2.05, 4.69) is 10.2 Å². The van der Waals surface area contributed by atoms with Crippen LogP contribution in [0.15, 0.2) is 12.1 Å². The second-order valence-corrected chi connectivity index (χ2v) is 7.86. The average Bonchev–Trinajstić information content (AvgIpc) is 2.85. The smallest absolute Gasteiger partial charge is 0.255 e. The highest BCUT2D eigenvalue weighted by Gasteiger charge is 2.41. The van der Waals surface area contributed by atoms with Crippen molar-refractivity contribution < 1.29 is 19.1 Å². The van der Waals surface area contributed by atoms with Crippen LogP contribution >= 0.6 is 0 Å². The van der Waals surface area contributed by atoms with Crippen LogP contribution in [-0.4, -0.2) is 53.9 Å². The molecule has 27 heavy (non-hydrogen) atoms. The summed E-state index contributed by atoms with van der Waals surface area (Å²) in [5.41, 5.74) is 8.65. The highest BCUT2D eigenvalue weighted by molar-refractivity contribution is 6.05. The molecule has 2 saturated heterocycles. The first-order valence-electron chi connectivity index (χ1n) is 9.48. The molecule has 3 amide bonds. The first-order chi connectivity index (χ1) is 13.0. The summed E-state index contributed by atoms with van der Waals surface area (Å²) in [5.74, 6) is -0.129. The molecule has 3 atom stereocenters. The quantitative estimate of drug-likeness (QED) is 0.681. The van der Waals surface area contributed by atoms with E-state index < -0.39 is 11.9 Å². The molecule has 2 bridgehead atoms. The van der Waals surface area contributed by atoms with Gasteiger partial charge in [-0.05, 0) is 37.0 Å². The number of piperidine rings is 1. The zero-order valence-corrected chi connectivity index (χ0v) is 14.9. The fourth-order valence-corrected chi connectivity index (χ4v) is 4.58. The zero-order chi connectivity index (χ0) is 18.7. The number of hydrogen-bond donors (Lipinski definition) is 2. The summed E-state index contributed by atoms with van der Waals surface area (Å²) in [4.78, 5) is 40.4. The van der Waals surface area contributed by atoms with E-state index in [0.29, 0.717) is 18.5 Å². The molecule has 8 nitrogen and oxygen atoms in total. The van der Waals surface area contributed by atoms with Crippen LogP contribution in [0.2, 0.25) is 0 Å². The maximum Gasteiger partial charge on any atom is 0.255 e. The van der Waals surface area contributed by atoms with Gasteiger partial charge in [0.1, 0.15) is 17.9 Å². The molecule has 0 radical (unpaired) electrons. The van der Waals surface area contributed by atoms with E-state index >= 15 is 0 Å². The summed E-state index contributed by atoms with van der Waals surface area (Å²) in [6.07, 6.45) is 2.54. The van der Waals surface area contributed by atoms with Crippen LogP contribution in [0, 0.1) is 0 Å². The van der Waals surface area contributed by atoms with Gasteiger partial charge in [0.15, 0.2) is 0 Å². The summed E-state index contributed by atoms with van der Waals surface area (Å²) in [6.45, 7) is 1.96. The van der Waals surface area contributed by atoms with Gasteiger partial charge >= 0.3 is 0 Å². The second kappa shape index (κ2) is 5.95. The van der Waals surface area contributed by atoms with Crippen LogP contribution < -0.4 is 20.7 Å². The fourth-order valence-electron chi connectivity index (χ4n) is 4.58. The number of nitrogens with one attached hydrogen (secondary N) is 1.